The van der Waals surface area contributed by atoms with E-state index < -0.39 is 47.4 Å². The van der Waals surface area contributed by atoms with Gasteiger partial charge in [0.1, 0.15) is 0 Å². The van der Waals surface area contributed by atoms with E-state index in [1.807, 2.05) is 0 Å². The van der Waals surface area contributed by atoms with Gasteiger partial charge in [-0.05, 0) is 0 Å². The Morgan fingerprint density at radius 3 is 1.38 bits per heavy atom. The van der Waals surface area contributed by atoms with E-state index >= 15 is 0 Å². The first-order chi connectivity index (χ1) is 5.84. The summed E-state index contributed by atoms with van der Waals surface area (Å²) in [5.41, 5.74) is 0. The number of allylic oxidation sites excluding steroid dienone is 4. The standard InChI is InChI=1S/C6F6Se/c7-1-2(8)4(10)6(12)5(11,13-6)3(1)9. The molecule has 13 heavy (non-hydrogen) atoms. The predicted octanol–water partition coefficient (Wildman–Crippen LogP) is 2.35. The third kappa shape index (κ3) is 0.794. The Morgan fingerprint density at radius 1 is 0.769 bits per heavy atom. The van der Waals surface area contributed by atoms with Crippen molar-refractivity contribution in [2.75, 3.05) is 0 Å². The second kappa shape index (κ2) is 2.15. The van der Waals surface area contributed by atoms with Gasteiger partial charge in [0.2, 0.25) is 0 Å². The van der Waals surface area contributed by atoms with Gasteiger partial charge in [-0.2, -0.15) is 0 Å². The Kier molecular flexibility index (Phi) is 1.51. The summed E-state index contributed by atoms with van der Waals surface area (Å²) in [6.07, 6.45) is 0. The van der Waals surface area contributed by atoms with Crippen molar-refractivity contribution in [2.24, 2.45) is 0 Å². The van der Waals surface area contributed by atoms with Crippen LogP contribution in [0, 0.1) is 0 Å². The van der Waals surface area contributed by atoms with Gasteiger partial charge in [0, 0.05) is 0 Å². The number of hydrogen-bond acceptors (Lipinski definition) is 0. The van der Waals surface area contributed by atoms with Gasteiger partial charge in [-0.25, -0.2) is 0 Å². The maximum absolute atomic E-state index is 12.9. The summed E-state index contributed by atoms with van der Waals surface area (Å²) in [6.45, 7) is 0. The zero-order valence-corrected chi connectivity index (χ0v) is 7.39. The van der Waals surface area contributed by atoms with Crippen LogP contribution in [-0.2, 0) is 0 Å². The first-order valence-electron chi connectivity index (χ1n) is 3.04. The van der Waals surface area contributed by atoms with Gasteiger partial charge in [-0.3, -0.25) is 0 Å². The minimum absolute atomic E-state index is 1.78. The summed E-state index contributed by atoms with van der Waals surface area (Å²) in [6, 6.07) is 0. The molecular formula is C6F6Se. The van der Waals surface area contributed by atoms with Crippen LogP contribution in [0.2, 0.25) is 0 Å². The minimum atomic E-state index is -3.27. The first-order valence-corrected chi connectivity index (χ1v) is 4.76. The number of rotatable bonds is 0. The van der Waals surface area contributed by atoms with Crippen molar-refractivity contribution in [1.82, 2.24) is 0 Å². The molecule has 0 radical (unpaired) electrons. The Morgan fingerprint density at radius 2 is 1.08 bits per heavy atom. The summed E-state index contributed by atoms with van der Waals surface area (Å²) in [4.78, 5) is 0. The second-order valence-electron chi connectivity index (χ2n) is 2.55. The number of alkyl halides is 2. The molecule has 0 nitrogen and oxygen atoms in total. The van der Waals surface area contributed by atoms with Crippen LogP contribution in [0.4, 0.5) is 26.3 Å². The molecule has 0 aromatic heterocycles. The Hall–Kier alpha value is -0.421. The van der Waals surface area contributed by atoms with Gasteiger partial charge in [-0.15, -0.1) is 0 Å². The number of hydrogen-bond donors (Lipinski definition) is 0. The SMILES string of the molecule is FC1=C(F)C2(F)[Se]C2(F)C(F)=C1F. The molecule has 1 heterocycles. The summed E-state index contributed by atoms with van der Waals surface area (Å²) >= 11 is -1.78. The fourth-order valence-corrected chi connectivity index (χ4v) is 2.85. The van der Waals surface area contributed by atoms with Crippen molar-refractivity contribution >= 4 is 15.0 Å². The summed E-state index contributed by atoms with van der Waals surface area (Å²) in [7, 11) is 0. The molecule has 1 fully saturated rings. The van der Waals surface area contributed by atoms with Crippen LogP contribution in [-0.4, -0.2) is 24.1 Å². The van der Waals surface area contributed by atoms with Crippen LogP contribution >= 0.6 is 0 Å². The maximum atomic E-state index is 12.9. The molecule has 0 saturated carbocycles. The molecule has 1 aliphatic heterocycles. The summed E-state index contributed by atoms with van der Waals surface area (Å²) in [5.74, 6) is -8.89. The first kappa shape index (κ1) is 9.15. The fourth-order valence-electron chi connectivity index (χ4n) is 1.02. The van der Waals surface area contributed by atoms with Crippen LogP contribution in [0.3, 0.4) is 0 Å². The van der Waals surface area contributed by atoms with Gasteiger partial charge in [0.15, 0.2) is 0 Å². The van der Waals surface area contributed by atoms with E-state index in [1.54, 1.807) is 0 Å². The zero-order chi connectivity index (χ0) is 10.0. The van der Waals surface area contributed by atoms with E-state index in [-0.39, 0.29) is 0 Å². The molecule has 2 aliphatic rings. The van der Waals surface area contributed by atoms with Crippen molar-refractivity contribution in [3.63, 3.8) is 0 Å². The van der Waals surface area contributed by atoms with Gasteiger partial charge in [-0.1, -0.05) is 0 Å². The second-order valence-corrected chi connectivity index (χ2v) is 5.34. The molecule has 0 amide bonds. The average molecular weight is 265 g/mol. The van der Waals surface area contributed by atoms with E-state index in [2.05, 4.69) is 0 Å². The van der Waals surface area contributed by atoms with E-state index in [0.717, 1.165) is 0 Å². The molecule has 2 rings (SSSR count). The third-order valence-corrected chi connectivity index (χ3v) is 4.48. The van der Waals surface area contributed by atoms with Crippen LogP contribution in [0.25, 0.3) is 0 Å². The van der Waals surface area contributed by atoms with E-state index in [0.29, 0.717) is 0 Å². The van der Waals surface area contributed by atoms with Crippen LogP contribution in [0.15, 0.2) is 23.3 Å². The Bertz CT molecular complexity index is 326. The van der Waals surface area contributed by atoms with E-state index in [1.165, 1.54) is 0 Å². The number of fused-ring (bicyclic) bond motifs is 1. The predicted molar refractivity (Wildman–Crippen MR) is 31.9 cm³/mol. The van der Waals surface area contributed by atoms with Gasteiger partial charge < -0.3 is 0 Å². The van der Waals surface area contributed by atoms with Crippen LogP contribution < -0.4 is 0 Å². The van der Waals surface area contributed by atoms with Crippen LogP contribution in [0.1, 0.15) is 0 Å². The molecule has 72 valence electrons. The summed E-state index contributed by atoms with van der Waals surface area (Å²) < 4.78 is 69.1. The summed E-state index contributed by atoms with van der Waals surface area (Å²) in [5, 5.41) is 0. The molecule has 2 atom stereocenters. The van der Waals surface area contributed by atoms with Crippen LogP contribution in [0.5, 0.6) is 0 Å². The van der Waals surface area contributed by atoms with Crippen molar-refractivity contribution in [1.29, 1.82) is 0 Å². The van der Waals surface area contributed by atoms with Crippen molar-refractivity contribution in [2.45, 2.75) is 9.13 Å². The Balaban J connectivity index is 2.63. The average Bonchev–Trinajstić information content (AvgIpc) is 2.66. The van der Waals surface area contributed by atoms with Crippen molar-refractivity contribution < 1.29 is 26.3 Å². The monoisotopic (exact) mass is 266 g/mol. The molecule has 0 aromatic carbocycles. The van der Waals surface area contributed by atoms with Crippen molar-refractivity contribution in [3.8, 4) is 0 Å². The molecule has 2 unspecified atom stereocenters. The molecule has 0 aromatic rings. The zero-order valence-electron chi connectivity index (χ0n) is 5.68. The van der Waals surface area contributed by atoms with Gasteiger partial charge in [0.05, 0.1) is 0 Å². The fraction of sp³-hybridized carbons (Fsp3) is 0.333. The molecule has 0 bridgehead atoms. The topological polar surface area (TPSA) is 0 Å². The Labute approximate surface area is 74.4 Å². The molecule has 1 aliphatic carbocycles. The molecule has 1 saturated heterocycles. The normalized spacial score (nSPS) is 43.8. The molecular weight excluding hydrogens is 265 g/mol. The van der Waals surface area contributed by atoms with Crippen molar-refractivity contribution in [3.05, 3.63) is 23.3 Å². The molecule has 0 N–H and O–H groups in total. The van der Waals surface area contributed by atoms with E-state index in [4.69, 9.17) is 0 Å². The molecule has 7 heteroatoms. The number of halogens is 6. The van der Waals surface area contributed by atoms with Gasteiger partial charge in [0.25, 0.3) is 0 Å². The quantitative estimate of drug-likeness (QED) is 0.466. The third-order valence-electron chi connectivity index (χ3n) is 1.80. The van der Waals surface area contributed by atoms with E-state index in [9.17, 15) is 26.3 Å². The molecule has 0 spiro atoms. The van der Waals surface area contributed by atoms with Gasteiger partial charge >= 0.3 is 73.7 Å².